The van der Waals surface area contributed by atoms with Gasteiger partial charge in [0.05, 0.1) is 0 Å². The Morgan fingerprint density at radius 2 is 1.94 bits per heavy atom. The van der Waals surface area contributed by atoms with Crippen LogP contribution in [0, 0.1) is 5.41 Å². The molecule has 1 N–H and O–H groups in total. The summed E-state index contributed by atoms with van der Waals surface area (Å²) in [5, 5.41) is 7.68. The average molecular weight is 424 g/mol. The van der Waals surface area contributed by atoms with E-state index >= 15 is 0 Å². The number of nitrogens with one attached hydrogen (secondary N) is 1. The van der Waals surface area contributed by atoms with E-state index in [1.165, 1.54) is 6.33 Å². The summed E-state index contributed by atoms with van der Waals surface area (Å²) in [6.07, 6.45) is 2.79. The number of ether oxygens (including phenoxy) is 1. The second-order valence-electron chi connectivity index (χ2n) is 8.81. The molecule has 0 fully saturated rings. The molecule has 1 aliphatic heterocycles. The summed E-state index contributed by atoms with van der Waals surface area (Å²) in [5.41, 5.74) is 2.51. The van der Waals surface area contributed by atoms with Crippen molar-refractivity contribution < 1.29 is 14.3 Å². The summed E-state index contributed by atoms with van der Waals surface area (Å²) in [7, 11) is 0. The molecular weight excluding hydrogens is 394 g/mol. The Balaban J connectivity index is 1.59. The minimum Gasteiger partial charge on any atom is -0.484 e. The van der Waals surface area contributed by atoms with Crippen LogP contribution in [0.5, 0.6) is 5.75 Å². The molecule has 8 heteroatoms. The Hall–Kier alpha value is -3.16. The van der Waals surface area contributed by atoms with Gasteiger partial charge in [0.2, 0.25) is 5.95 Å². The molecule has 0 saturated heterocycles. The van der Waals surface area contributed by atoms with Gasteiger partial charge in [-0.25, -0.2) is 4.68 Å². The van der Waals surface area contributed by atoms with Crippen molar-refractivity contribution in [3.05, 3.63) is 47.4 Å². The van der Waals surface area contributed by atoms with Gasteiger partial charge in [-0.15, -0.1) is 0 Å². The van der Waals surface area contributed by atoms with E-state index in [0.29, 0.717) is 31.2 Å². The first kappa shape index (κ1) is 21.1. The smallest absolute Gasteiger partial charge is 0.260 e. The third-order valence-corrected chi connectivity index (χ3v) is 5.95. The first-order chi connectivity index (χ1) is 14.8. The molecule has 2 aliphatic rings. The lowest BCUT2D eigenvalue weighted by Crippen LogP contribution is -2.36. The third kappa shape index (κ3) is 4.06. The van der Waals surface area contributed by atoms with Crippen molar-refractivity contribution >= 4 is 17.6 Å². The molecule has 4 rings (SSSR count). The van der Waals surface area contributed by atoms with Crippen molar-refractivity contribution in [2.75, 3.05) is 25.0 Å². The van der Waals surface area contributed by atoms with Crippen molar-refractivity contribution in [1.29, 1.82) is 0 Å². The molecule has 1 aromatic heterocycles. The SMILES string of the molecule is CCN(CC)C(=O)COc1ccc(C2C3=C(CC(C)(C)CC3=O)Nc3ncnn32)cc1. The number of amides is 1. The minimum absolute atomic E-state index is 0.00443. The fourth-order valence-electron chi connectivity index (χ4n) is 4.42. The van der Waals surface area contributed by atoms with Crippen LogP contribution in [-0.2, 0) is 9.59 Å². The number of benzene rings is 1. The van der Waals surface area contributed by atoms with Gasteiger partial charge in [-0.3, -0.25) is 9.59 Å². The second kappa shape index (κ2) is 8.17. The van der Waals surface area contributed by atoms with E-state index in [0.717, 1.165) is 23.3 Å². The number of nitrogens with zero attached hydrogens (tertiary/aromatic N) is 4. The number of rotatable bonds is 6. The molecule has 0 spiro atoms. The Bertz CT molecular complexity index is 1020. The van der Waals surface area contributed by atoms with Crippen LogP contribution in [0.3, 0.4) is 0 Å². The molecule has 8 nitrogen and oxygen atoms in total. The van der Waals surface area contributed by atoms with Gasteiger partial charge in [-0.1, -0.05) is 26.0 Å². The molecule has 0 radical (unpaired) electrons. The molecule has 2 aromatic rings. The molecule has 164 valence electrons. The summed E-state index contributed by atoms with van der Waals surface area (Å²) < 4.78 is 7.45. The van der Waals surface area contributed by atoms with E-state index in [1.807, 2.05) is 38.1 Å². The highest BCUT2D eigenvalue weighted by Gasteiger charge is 2.41. The maximum absolute atomic E-state index is 13.1. The maximum atomic E-state index is 13.1. The van der Waals surface area contributed by atoms with Gasteiger partial charge in [0.15, 0.2) is 12.4 Å². The van der Waals surface area contributed by atoms with Crippen molar-refractivity contribution in [3.8, 4) is 5.75 Å². The van der Waals surface area contributed by atoms with Crippen LogP contribution in [0.4, 0.5) is 5.95 Å². The zero-order chi connectivity index (χ0) is 22.2. The topological polar surface area (TPSA) is 89.3 Å². The van der Waals surface area contributed by atoms with Crippen molar-refractivity contribution in [3.63, 3.8) is 0 Å². The first-order valence-corrected chi connectivity index (χ1v) is 10.8. The van der Waals surface area contributed by atoms with Crippen LogP contribution < -0.4 is 10.1 Å². The molecule has 31 heavy (non-hydrogen) atoms. The fraction of sp³-hybridized carbons (Fsp3) is 0.478. The van der Waals surface area contributed by atoms with Crippen molar-refractivity contribution in [2.24, 2.45) is 5.41 Å². The minimum atomic E-state index is -0.330. The van der Waals surface area contributed by atoms with Gasteiger partial charge in [0, 0.05) is 30.8 Å². The standard InChI is InChI=1S/C23H29N5O3/c1-5-27(6-2)19(30)13-31-16-9-7-15(8-10-16)21-20-17(11-23(3,4)12-18(20)29)26-22-24-14-25-28(21)22/h7-10,14,21H,5-6,11-13H2,1-4H3,(H,24,25,26). The van der Waals surface area contributed by atoms with E-state index in [4.69, 9.17) is 4.74 Å². The van der Waals surface area contributed by atoms with Crippen LogP contribution in [-0.4, -0.2) is 51.1 Å². The highest BCUT2D eigenvalue weighted by Crippen LogP contribution is 2.45. The predicted molar refractivity (Wildman–Crippen MR) is 117 cm³/mol. The van der Waals surface area contributed by atoms with Crippen LogP contribution in [0.1, 0.15) is 52.1 Å². The van der Waals surface area contributed by atoms with Crippen LogP contribution in [0.2, 0.25) is 0 Å². The molecule has 0 saturated carbocycles. The highest BCUT2D eigenvalue weighted by atomic mass is 16.5. The molecule has 1 amide bonds. The Labute approximate surface area is 182 Å². The lowest BCUT2D eigenvalue weighted by atomic mass is 9.73. The number of aromatic nitrogens is 3. The predicted octanol–water partition coefficient (Wildman–Crippen LogP) is 3.18. The normalized spacial score (nSPS) is 19.4. The summed E-state index contributed by atoms with van der Waals surface area (Å²) in [6, 6.07) is 7.19. The Morgan fingerprint density at radius 1 is 1.23 bits per heavy atom. The average Bonchev–Trinajstić information content (AvgIpc) is 3.19. The van der Waals surface area contributed by atoms with Gasteiger partial charge < -0.3 is 15.0 Å². The summed E-state index contributed by atoms with van der Waals surface area (Å²) in [4.78, 5) is 31.3. The first-order valence-electron chi connectivity index (χ1n) is 10.8. The summed E-state index contributed by atoms with van der Waals surface area (Å²) in [5.74, 6) is 1.35. The van der Waals surface area contributed by atoms with Gasteiger partial charge in [0.1, 0.15) is 18.1 Å². The molecule has 1 aromatic carbocycles. The summed E-state index contributed by atoms with van der Waals surface area (Å²) in [6.45, 7) is 9.44. The van der Waals surface area contributed by atoms with Crippen LogP contribution in [0.15, 0.2) is 41.9 Å². The second-order valence-corrected chi connectivity index (χ2v) is 8.81. The number of ketones is 1. The maximum Gasteiger partial charge on any atom is 0.260 e. The van der Waals surface area contributed by atoms with Crippen LogP contribution in [0.25, 0.3) is 0 Å². The van der Waals surface area contributed by atoms with E-state index in [2.05, 4.69) is 29.2 Å². The third-order valence-electron chi connectivity index (χ3n) is 5.95. The molecular formula is C23H29N5O3. The number of anilines is 1. The lowest BCUT2D eigenvalue weighted by Gasteiger charge is -2.38. The van der Waals surface area contributed by atoms with E-state index < -0.39 is 0 Å². The van der Waals surface area contributed by atoms with Crippen molar-refractivity contribution in [2.45, 2.75) is 46.6 Å². The number of carbonyl (C=O) groups excluding carboxylic acids is 2. The molecule has 2 heterocycles. The number of fused-ring (bicyclic) bond motifs is 1. The molecule has 1 unspecified atom stereocenters. The number of likely N-dealkylation sites (N-methyl/N-ethyl adjacent to an activating group) is 1. The van der Waals surface area contributed by atoms with Crippen LogP contribution >= 0.6 is 0 Å². The van der Waals surface area contributed by atoms with Gasteiger partial charge in [0.25, 0.3) is 5.91 Å². The Kier molecular flexibility index (Phi) is 5.56. The van der Waals surface area contributed by atoms with E-state index in [1.54, 1.807) is 9.58 Å². The molecule has 1 aliphatic carbocycles. The lowest BCUT2D eigenvalue weighted by molar-refractivity contribution is -0.133. The van der Waals surface area contributed by atoms with E-state index in [9.17, 15) is 9.59 Å². The number of hydrogen-bond acceptors (Lipinski definition) is 6. The number of hydrogen-bond donors (Lipinski definition) is 1. The Morgan fingerprint density at radius 3 is 2.61 bits per heavy atom. The number of carbonyl (C=O) groups is 2. The monoisotopic (exact) mass is 423 g/mol. The fourth-order valence-corrected chi connectivity index (χ4v) is 4.42. The summed E-state index contributed by atoms with van der Waals surface area (Å²) >= 11 is 0. The van der Waals surface area contributed by atoms with Gasteiger partial charge >= 0.3 is 0 Å². The highest BCUT2D eigenvalue weighted by molar-refractivity contribution is 6.00. The number of Topliss-reactive ketones (excluding diaryl/α,β-unsaturated/α-hetero) is 1. The molecule has 0 bridgehead atoms. The van der Waals surface area contributed by atoms with Gasteiger partial charge in [-0.05, 0) is 43.4 Å². The largest absolute Gasteiger partial charge is 0.484 e. The van der Waals surface area contributed by atoms with E-state index in [-0.39, 0.29) is 29.8 Å². The van der Waals surface area contributed by atoms with Gasteiger partial charge in [-0.2, -0.15) is 10.1 Å². The van der Waals surface area contributed by atoms with Crippen molar-refractivity contribution in [1.82, 2.24) is 19.7 Å². The zero-order valence-electron chi connectivity index (χ0n) is 18.5. The molecule has 1 atom stereocenters. The number of allylic oxidation sites excluding steroid dienone is 2. The quantitative estimate of drug-likeness (QED) is 0.768. The zero-order valence-corrected chi connectivity index (χ0v) is 18.5.